The summed E-state index contributed by atoms with van der Waals surface area (Å²) in [5, 5.41) is 8.47. The summed E-state index contributed by atoms with van der Waals surface area (Å²) in [5.41, 5.74) is 7.16. The first-order valence-corrected chi connectivity index (χ1v) is 4.24. The van der Waals surface area contributed by atoms with E-state index >= 15 is 0 Å². The number of hydrogen-bond donors (Lipinski definition) is 2. The van der Waals surface area contributed by atoms with Gasteiger partial charge in [0.15, 0.2) is 0 Å². The Bertz CT molecular complexity index is 482. The summed E-state index contributed by atoms with van der Waals surface area (Å²) < 4.78 is 0. The van der Waals surface area contributed by atoms with E-state index in [1.807, 2.05) is 30.5 Å². The van der Waals surface area contributed by atoms with Crippen molar-refractivity contribution in [3.05, 3.63) is 36.0 Å². The smallest absolute Gasteiger partial charge is 0.108 e. The van der Waals surface area contributed by atoms with Crippen molar-refractivity contribution in [2.45, 2.75) is 0 Å². The van der Waals surface area contributed by atoms with E-state index in [2.05, 4.69) is 15.2 Å². The molecule has 0 amide bonds. The summed E-state index contributed by atoms with van der Waals surface area (Å²) in [6.07, 6.45) is 4.72. The number of benzene rings is 1. The van der Waals surface area contributed by atoms with E-state index < -0.39 is 0 Å². The Morgan fingerprint density at radius 3 is 2.93 bits per heavy atom. The number of nitrogens with one attached hydrogen (secondary N) is 1. The zero-order valence-electron chi connectivity index (χ0n) is 7.51. The van der Waals surface area contributed by atoms with Crippen molar-refractivity contribution in [3.8, 4) is 0 Å². The van der Waals surface area contributed by atoms with Gasteiger partial charge in [0, 0.05) is 22.7 Å². The molecule has 0 atom stereocenters. The highest BCUT2D eigenvalue weighted by Gasteiger charge is 1.98. The first kappa shape index (κ1) is 8.50. The maximum absolute atomic E-state index is 5.07. The molecule has 0 bridgehead atoms. The third-order valence-electron chi connectivity index (χ3n) is 1.95. The van der Waals surface area contributed by atoms with Gasteiger partial charge < -0.3 is 10.7 Å². The highest BCUT2D eigenvalue weighted by Crippen LogP contribution is 2.15. The summed E-state index contributed by atoms with van der Waals surface area (Å²) in [6, 6.07) is 8.01. The Hall–Kier alpha value is -2.10. The van der Waals surface area contributed by atoms with Crippen LogP contribution in [0.5, 0.6) is 0 Å². The van der Waals surface area contributed by atoms with Crippen LogP contribution in [-0.2, 0) is 0 Å². The van der Waals surface area contributed by atoms with Crippen LogP contribution in [0.15, 0.2) is 40.7 Å². The summed E-state index contributed by atoms with van der Waals surface area (Å²) in [4.78, 5) is 3.14. The molecule has 70 valence electrons. The van der Waals surface area contributed by atoms with E-state index in [-0.39, 0.29) is 0 Å². The first-order chi connectivity index (χ1) is 6.92. The second kappa shape index (κ2) is 3.74. The number of para-hydroxylation sites is 1. The van der Waals surface area contributed by atoms with Gasteiger partial charge in [-0.2, -0.15) is 5.10 Å². The second-order valence-electron chi connectivity index (χ2n) is 2.80. The maximum atomic E-state index is 5.07. The van der Waals surface area contributed by atoms with Crippen LogP contribution >= 0.6 is 0 Å². The SMILES string of the molecule is N/C=N\N=C\c1c[nH]c2ccccc12. The third kappa shape index (κ3) is 1.50. The molecule has 4 heteroatoms. The summed E-state index contributed by atoms with van der Waals surface area (Å²) >= 11 is 0. The Kier molecular flexibility index (Phi) is 2.27. The Balaban J connectivity index is 2.43. The minimum atomic E-state index is 1.01. The molecule has 0 aliphatic carbocycles. The maximum Gasteiger partial charge on any atom is 0.108 e. The molecule has 2 aromatic rings. The summed E-state index contributed by atoms with van der Waals surface area (Å²) in [7, 11) is 0. The van der Waals surface area contributed by atoms with E-state index in [0.717, 1.165) is 22.8 Å². The van der Waals surface area contributed by atoms with Crippen LogP contribution < -0.4 is 5.73 Å². The third-order valence-corrected chi connectivity index (χ3v) is 1.95. The number of rotatable bonds is 2. The van der Waals surface area contributed by atoms with Crippen molar-refractivity contribution in [1.82, 2.24) is 4.98 Å². The molecule has 0 fully saturated rings. The first-order valence-electron chi connectivity index (χ1n) is 4.24. The number of hydrogen-bond acceptors (Lipinski definition) is 2. The average Bonchev–Trinajstić information content (AvgIpc) is 2.63. The van der Waals surface area contributed by atoms with E-state index in [1.165, 1.54) is 0 Å². The predicted octanol–water partition coefficient (Wildman–Crippen LogP) is 1.49. The standard InChI is InChI=1S/C10H10N4/c11-7-14-13-6-8-5-12-10-4-2-1-3-9(8)10/h1-7,12H,(H2,11,14)/b13-6+. The number of H-pyrrole nitrogens is 1. The van der Waals surface area contributed by atoms with Crippen LogP contribution in [0.1, 0.15) is 5.56 Å². The molecule has 0 aliphatic heterocycles. The van der Waals surface area contributed by atoms with Gasteiger partial charge in [-0.3, -0.25) is 0 Å². The number of nitrogens with zero attached hydrogens (tertiary/aromatic N) is 2. The molecular weight excluding hydrogens is 176 g/mol. The molecule has 0 saturated heterocycles. The molecule has 1 aromatic carbocycles. The fourth-order valence-electron chi connectivity index (χ4n) is 1.33. The Labute approximate surface area is 81.2 Å². The van der Waals surface area contributed by atoms with Gasteiger partial charge in [-0.15, -0.1) is 5.10 Å². The van der Waals surface area contributed by atoms with Crippen molar-refractivity contribution in [3.63, 3.8) is 0 Å². The molecule has 0 spiro atoms. The lowest BCUT2D eigenvalue weighted by molar-refractivity contribution is 1.26. The van der Waals surface area contributed by atoms with Gasteiger partial charge in [0.05, 0.1) is 6.21 Å². The molecule has 0 unspecified atom stereocenters. The normalized spacial score (nSPS) is 12.0. The van der Waals surface area contributed by atoms with Crippen molar-refractivity contribution in [2.24, 2.45) is 15.9 Å². The van der Waals surface area contributed by atoms with E-state index in [1.54, 1.807) is 6.21 Å². The number of nitrogens with two attached hydrogens (primary N) is 1. The van der Waals surface area contributed by atoms with Crippen LogP contribution in [0.3, 0.4) is 0 Å². The summed E-state index contributed by atoms with van der Waals surface area (Å²) in [5.74, 6) is 0. The van der Waals surface area contributed by atoms with E-state index in [0.29, 0.717) is 0 Å². The minimum absolute atomic E-state index is 1.01. The van der Waals surface area contributed by atoms with Crippen molar-refractivity contribution in [1.29, 1.82) is 0 Å². The van der Waals surface area contributed by atoms with Crippen molar-refractivity contribution < 1.29 is 0 Å². The van der Waals surface area contributed by atoms with Crippen molar-refractivity contribution >= 4 is 23.5 Å². The van der Waals surface area contributed by atoms with Gasteiger partial charge in [-0.05, 0) is 6.07 Å². The lowest BCUT2D eigenvalue weighted by Crippen LogP contribution is -1.86. The van der Waals surface area contributed by atoms with Gasteiger partial charge in [0.25, 0.3) is 0 Å². The Morgan fingerprint density at radius 1 is 1.21 bits per heavy atom. The van der Waals surface area contributed by atoms with Crippen LogP contribution in [0.25, 0.3) is 10.9 Å². The molecular formula is C10H10N4. The predicted molar refractivity (Wildman–Crippen MR) is 58.6 cm³/mol. The minimum Gasteiger partial charge on any atom is -0.388 e. The van der Waals surface area contributed by atoms with Gasteiger partial charge in [-0.1, -0.05) is 18.2 Å². The molecule has 1 heterocycles. The van der Waals surface area contributed by atoms with E-state index in [9.17, 15) is 0 Å². The highest BCUT2D eigenvalue weighted by molar-refractivity contribution is 5.98. The molecule has 0 aliphatic rings. The van der Waals surface area contributed by atoms with Crippen LogP contribution in [0.2, 0.25) is 0 Å². The van der Waals surface area contributed by atoms with Gasteiger partial charge in [-0.25, -0.2) is 0 Å². The van der Waals surface area contributed by atoms with Gasteiger partial charge in [0.2, 0.25) is 0 Å². The fraction of sp³-hybridized carbons (Fsp3) is 0. The highest BCUT2D eigenvalue weighted by atomic mass is 15.2. The van der Waals surface area contributed by atoms with Crippen LogP contribution in [0.4, 0.5) is 0 Å². The average molecular weight is 186 g/mol. The number of fused-ring (bicyclic) bond motifs is 1. The van der Waals surface area contributed by atoms with E-state index in [4.69, 9.17) is 5.73 Å². The van der Waals surface area contributed by atoms with Crippen LogP contribution in [0, 0.1) is 0 Å². The van der Waals surface area contributed by atoms with Gasteiger partial charge >= 0.3 is 0 Å². The topological polar surface area (TPSA) is 66.5 Å². The largest absolute Gasteiger partial charge is 0.388 e. The van der Waals surface area contributed by atoms with Crippen LogP contribution in [-0.4, -0.2) is 17.5 Å². The Morgan fingerprint density at radius 2 is 2.07 bits per heavy atom. The molecule has 14 heavy (non-hydrogen) atoms. The quantitative estimate of drug-likeness (QED) is 0.416. The lowest BCUT2D eigenvalue weighted by atomic mass is 10.2. The zero-order valence-corrected chi connectivity index (χ0v) is 7.51. The monoisotopic (exact) mass is 186 g/mol. The molecule has 0 radical (unpaired) electrons. The fourth-order valence-corrected chi connectivity index (χ4v) is 1.33. The molecule has 0 saturated carbocycles. The molecule has 4 nitrogen and oxygen atoms in total. The second-order valence-corrected chi connectivity index (χ2v) is 2.80. The zero-order chi connectivity index (χ0) is 9.80. The lowest BCUT2D eigenvalue weighted by Gasteiger charge is -1.88. The number of aromatic nitrogens is 1. The molecule has 3 N–H and O–H groups in total. The van der Waals surface area contributed by atoms with Crippen molar-refractivity contribution in [2.75, 3.05) is 0 Å². The number of aromatic amines is 1. The summed E-state index contributed by atoms with van der Waals surface area (Å²) in [6.45, 7) is 0. The van der Waals surface area contributed by atoms with Gasteiger partial charge in [0.1, 0.15) is 6.34 Å². The molecule has 1 aromatic heterocycles. The molecule has 2 rings (SSSR count).